The molecule has 0 saturated carbocycles. The van der Waals surface area contributed by atoms with E-state index in [-0.39, 0.29) is 5.41 Å². The molecule has 0 unspecified atom stereocenters. The zero-order chi connectivity index (χ0) is 36.0. The van der Waals surface area contributed by atoms with Crippen molar-refractivity contribution in [1.29, 1.82) is 0 Å². The van der Waals surface area contributed by atoms with Crippen LogP contribution in [0.5, 0.6) is 0 Å². The highest BCUT2D eigenvalue weighted by Crippen LogP contribution is 2.58. The van der Waals surface area contributed by atoms with Gasteiger partial charge in [-0.25, -0.2) is 0 Å². The first-order valence-electron chi connectivity index (χ1n) is 18.9. The molecular weight excluding hydrogens is 653 g/mol. The number of rotatable bonds is 4. The minimum Gasteiger partial charge on any atom is -0.310 e. The van der Waals surface area contributed by atoms with Crippen LogP contribution in [0.1, 0.15) is 47.2 Å². The number of hydrogen-bond acceptors (Lipinski definition) is 1. The summed E-state index contributed by atoms with van der Waals surface area (Å²) in [6, 6.07) is 71.9. The SMILES string of the molecule is CC1(C)c2ccccc2-c2cc3c4cc(N5c6ccccc6C(c6ccccc6)(c6ccccc6)c6ccccc65)ccc4n(-c4ccccc4)c3cc21. The number of anilines is 3. The van der Waals surface area contributed by atoms with Gasteiger partial charge in [0.15, 0.2) is 0 Å². The summed E-state index contributed by atoms with van der Waals surface area (Å²) in [6.45, 7) is 4.74. The van der Waals surface area contributed by atoms with E-state index >= 15 is 0 Å². The Morgan fingerprint density at radius 3 is 1.52 bits per heavy atom. The third-order valence-electron chi connectivity index (χ3n) is 12.2. The molecule has 0 saturated heterocycles. The molecule has 0 fully saturated rings. The van der Waals surface area contributed by atoms with Crippen LogP contribution in [0.25, 0.3) is 38.6 Å². The zero-order valence-corrected chi connectivity index (χ0v) is 30.4. The number of fused-ring (bicyclic) bond motifs is 8. The van der Waals surface area contributed by atoms with E-state index in [4.69, 9.17) is 0 Å². The lowest BCUT2D eigenvalue weighted by Crippen LogP contribution is -2.37. The van der Waals surface area contributed by atoms with Crippen LogP contribution in [-0.4, -0.2) is 4.57 Å². The van der Waals surface area contributed by atoms with E-state index in [0.717, 1.165) is 5.69 Å². The van der Waals surface area contributed by atoms with Crippen LogP contribution in [0, 0.1) is 0 Å². The van der Waals surface area contributed by atoms with Gasteiger partial charge in [-0.3, -0.25) is 0 Å². The van der Waals surface area contributed by atoms with Gasteiger partial charge in [-0.1, -0.05) is 153 Å². The molecule has 2 heterocycles. The molecule has 54 heavy (non-hydrogen) atoms. The quantitative estimate of drug-likeness (QED) is 0.178. The van der Waals surface area contributed by atoms with Gasteiger partial charge in [-0.05, 0) is 99.1 Å². The molecule has 1 aromatic heterocycles. The highest BCUT2D eigenvalue weighted by atomic mass is 15.2. The number of para-hydroxylation sites is 3. The van der Waals surface area contributed by atoms with Gasteiger partial charge in [0, 0.05) is 27.6 Å². The molecule has 0 N–H and O–H groups in total. The molecular formula is C52H38N2. The predicted molar refractivity (Wildman–Crippen MR) is 225 cm³/mol. The first-order valence-corrected chi connectivity index (χ1v) is 18.9. The molecule has 9 aromatic rings. The van der Waals surface area contributed by atoms with Crippen molar-refractivity contribution < 1.29 is 0 Å². The summed E-state index contributed by atoms with van der Waals surface area (Å²) in [4.78, 5) is 2.49. The first-order chi connectivity index (χ1) is 26.6. The predicted octanol–water partition coefficient (Wildman–Crippen LogP) is 13.3. The zero-order valence-electron chi connectivity index (χ0n) is 30.4. The van der Waals surface area contributed by atoms with Crippen molar-refractivity contribution in [2.75, 3.05) is 4.90 Å². The van der Waals surface area contributed by atoms with Crippen molar-refractivity contribution in [2.24, 2.45) is 0 Å². The van der Waals surface area contributed by atoms with Crippen LogP contribution in [0.2, 0.25) is 0 Å². The fourth-order valence-corrected chi connectivity index (χ4v) is 9.89. The standard InChI is InChI=1S/C52H38N2/c1-51(2)43-25-13-12-24-39(43)40-33-42-41-32-38(30-31-47(41)53(50(42)34-46(40)51)37-22-10-5-11-23-37)54-48-28-16-14-26-44(48)52(35-18-6-3-7-19-35,36-20-8-4-9-21-36)45-27-15-17-29-49(45)54/h3-34H,1-2H3. The Hall–Kier alpha value is -6.64. The summed E-state index contributed by atoms with van der Waals surface area (Å²) in [7, 11) is 0. The average molecular weight is 691 g/mol. The molecule has 0 atom stereocenters. The van der Waals surface area contributed by atoms with Gasteiger partial charge >= 0.3 is 0 Å². The van der Waals surface area contributed by atoms with Crippen LogP contribution in [-0.2, 0) is 10.8 Å². The van der Waals surface area contributed by atoms with Crippen LogP contribution in [0.15, 0.2) is 194 Å². The van der Waals surface area contributed by atoms with E-state index in [0.29, 0.717) is 0 Å². The lowest BCUT2D eigenvalue weighted by molar-refractivity contribution is 0.661. The summed E-state index contributed by atoms with van der Waals surface area (Å²) in [5.74, 6) is 0. The number of aromatic nitrogens is 1. The lowest BCUT2D eigenvalue weighted by Gasteiger charge is -2.46. The molecule has 2 nitrogen and oxygen atoms in total. The summed E-state index contributed by atoms with van der Waals surface area (Å²) < 4.78 is 2.46. The summed E-state index contributed by atoms with van der Waals surface area (Å²) in [5, 5.41) is 2.51. The number of benzene rings is 8. The second-order valence-corrected chi connectivity index (χ2v) is 15.3. The second kappa shape index (κ2) is 11.4. The van der Waals surface area contributed by atoms with Gasteiger partial charge < -0.3 is 9.47 Å². The highest BCUT2D eigenvalue weighted by Gasteiger charge is 2.46. The minimum atomic E-state index is -0.500. The summed E-state index contributed by atoms with van der Waals surface area (Å²) >= 11 is 0. The highest BCUT2D eigenvalue weighted by molar-refractivity contribution is 6.13. The van der Waals surface area contributed by atoms with Crippen molar-refractivity contribution in [2.45, 2.75) is 24.7 Å². The lowest BCUT2D eigenvalue weighted by atomic mass is 9.62. The van der Waals surface area contributed by atoms with Crippen LogP contribution < -0.4 is 4.90 Å². The second-order valence-electron chi connectivity index (χ2n) is 15.3. The molecule has 1 aliphatic carbocycles. The van der Waals surface area contributed by atoms with Crippen LogP contribution in [0.3, 0.4) is 0 Å². The summed E-state index contributed by atoms with van der Waals surface area (Å²) in [6.07, 6.45) is 0. The maximum atomic E-state index is 2.49. The van der Waals surface area contributed by atoms with Crippen molar-refractivity contribution in [3.63, 3.8) is 0 Å². The molecule has 8 aromatic carbocycles. The van der Waals surface area contributed by atoms with E-state index in [1.807, 2.05) is 0 Å². The molecule has 11 rings (SSSR count). The van der Waals surface area contributed by atoms with Gasteiger partial charge in [0.05, 0.1) is 27.8 Å². The van der Waals surface area contributed by atoms with Crippen molar-refractivity contribution in [1.82, 2.24) is 4.57 Å². The molecule has 2 heteroatoms. The Bertz CT molecular complexity index is 2810. The van der Waals surface area contributed by atoms with Crippen LogP contribution in [0.4, 0.5) is 17.1 Å². The number of hydrogen-bond donors (Lipinski definition) is 0. The molecule has 1 aliphatic heterocycles. The Labute approximate surface area is 316 Å². The molecule has 0 radical (unpaired) electrons. The Morgan fingerprint density at radius 1 is 0.370 bits per heavy atom. The van der Waals surface area contributed by atoms with E-state index in [1.54, 1.807) is 0 Å². The Kier molecular flexibility index (Phi) is 6.55. The Balaban J connectivity index is 1.21. The average Bonchev–Trinajstić information content (AvgIpc) is 3.67. The maximum Gasteiger partial charge on any atom is 0.0742 e. The fourth-order valence-electron chi connectivity index (χ4n) is 9.89. The van der Waals surface area contributed by atoms with Gasteiger partial charge in [0.25, 0.3) is 0 Å². The van der Waals surface area contributed by atoms with E-state index < -0.39 is 5.41 Å². The topological polar surface area (TPSA) is 8.17 Å². The third-order valence-corrected chi connectivity index (χ3v) is 12.2. The number of nitrogens with zero attached hydrogens (tertiary/aromatic N) is 2. The smallest absolute Gasteiger partial charge is 0.0742 e. The van der Waals surface area contributed by atoms with Gasteiger partial charge in [0.1, 0.15) is 0 Å². The van der Waals surface area contributed by atoms with E-state index in [2.05, 4.69) is 217 Å². The third kappa shape index (κ3) is 4.11. The summed E-state index contributed by atoms with van der Waals surface area (Å²) in [5.41, 5.74) is 17.0. The molecule has 0 spiro atoms. The van der Waals surface area contributed by atoms with Crippen LogP contribution >= 0.6 is 0 Å². The van der Waals surface area contributed by atoms with Gasteiger partial charge in [-0.2, -0.15) is 0 Å². The Morgan fingerprint density at radius 2 is 0.889 bits per heavy atom. The first kappa shape index (κ1) is 30.9. The van der Waals surface area contributed by atoms with Crippen molar-refractivity contribution >= 4 is 38.9 Å². The largest absolute Gasteiger partial charge is 0.310 e. The van der Waals surface area contributed by atoms with E-state index in [1.165, 1.54) is 83.4 Å². The van der Waals surface area contributed by atoms with Gasteiger partial charge in [0.2, 0.25) is 0 Å². The maximum absolute atomic E-state index is 2.49. The fraction of sp³-hybridized carbons (Fsp3) is 0.0769. The normalized spacial score (nSPS) is 14.7. The minimum absolute atomic E-state index is 0.0888. The molecule has 2 aliphatic rings. The molecule has 0 bridgehead atoms. The molecule has 256 valence electrons. The van der Waals surface area contributed by atoms with Crippen molar-refractivity contribution in [3.05, 3.63) is 228 Å². The monoisotopic (exact) mass is 690 g/mol. The molecule has 0 amide bonds. The van der Waals surface area contributed by atoms with E-state index in [9.17, 15) is 0 Å². The van der Waals surface area contributed by atoms with Crippen molar-refractivity contribution in [3.8, 4) is 16.8 Å². The van der Waals surface area contributed by atoms with Gasteiger partial charge in [-0.15, -0.1) is 0 Å².